The van der Waals surface area contributed by atoms with Crippen molar-refractivity contribution in [1.82, 2.24) is 15.2 Å². The molecule has 1 aromatic carbocycles. The van der Waals surface area contributed by atoms with Crippen LogP contribution in [0.1, 0.15) is 30.4 Å². The van der Waals surface area contributed by atoms with Crippen molar-refractivity contribution in [3.63, 3.8) is 0 Å². The number of rotatable bonds is 6. The van der Waals surface area contributed by atoms with E-state index >= 15 is 0 Å². The number of nitrogens with one attached hydrogen (secondary N) is 1. The molecule has 5 heteroatoms. The van der Waals surface area contributed by atoms with E-state index in [-0.39, 0.29) is 17.2 Å². The van der Waals surface area contributed by atoms with E-state index in [4.69, 9.17) is 4.74 Å². The van der Waals surface area contributed by atoms with E-state index in [0.29, 0.717) is 6.54 Å². The van der Waals surface area contributed by atoms with Gasteiger partial charge in [0.25, 0.3) is 0 Å². The molecular formula is C22H27N3O2. The number of methoxy groups -OCH3 is 1. The summed E-state index contributed by atoms with van der Waals surface area (Å²) in [5.41, 5.74) is 2.61. The lowest BCUT2D eigenvalue weighted by atomic mass is 9.90. The van der Waals surface area contributed by atoms with Crippen molar-refractivity contribution in [2.75, 3.05) is 20.2 Å². The van der Waals surface area contributed by atoms with E-state index in [1.165, 1.54) is 5.56 Å². The summed E-state index contributed by atoms with van der Waals surface area (Å²) in [5.74, 6) is 1.30. The van der Waals surface area contributed by atoms with Gasteiger partial charge in [-0.25, -0.2) is 0 Å². The van der Waals surface area contributed by atoms with E-state index in [0.717, 1.165) is 50.2 Å². The van der Waals surface area contributed by atoms with Gasteiger partial charge >= 0.3 is 0 Å². The Labute approximate surface area is 160 Å². The zero-order valence-corrected chi connectivity index (χ0v) is 15.9. The van der Waals surface area contributed by atoms with Crippen LogP contribution in [0, 0.1) is 11.3 Å². The third kappa shape index (κ3) is 4.14. The molecular weight excluding hydrogens is 338 g/mol. The molecule has 1 aliphatic heterocycles. The zero-order chi connectivity index (χ0) is 18.7. The van der Waals surface area contributed by atoms with E-state index in [1.807, 2.05) is 24.3 Å². The highest BCUT2D eigenvalue weighted by molar-refractivity contribution is 5.82. The van der Waals surface area contributed by atoms with Gasteiger partial charge in [0.2, 0.25) is 5.91 Å². The van der Waals surface area contributed by atoms with Gasteiger partial charge in [0, 0.05) is 31.4 Å². The first-order chi connectivity index (χ1) is 13.2. The van der Waals surface area contributed by atoms with Crippen molar-refractivity contribution in [2.45, 2.75) is 32.4 Å². The molecule has 5 nitrogen and oxygen atoms in total. The molecule has 1 aliphatic carbocycles. The molecule has 1 saturated carbocycles. The summed E-state index contributed by atoms with van der Waals surface area (Å²) < 4.78 is 5.22. The van der Waals surface area contributed by atoms with Gasteiger partial charge in [-0.15, -0.1) is 0 Å². The summed E-state index contributed by atoms with van der Waals surface area (Å²) in [5, 5.41) is 3.09. The lowest BCUT2D eigenvalue weighted by molar-refractivity contribution is -0.123. The fraction of sp³-hybridized carbons (Fsp3) is 0.455. The maximum absolute atomic E-state index is 12.5. The Kier molecular flexibility index (Phi) is 5.12. The first-order valence-electron chi connectivity index (χ1n) is 9.70. The van der Waals surface area contributed by atoms with Crippen LogP contribution in [0.2, 0.25) is 0 Å². The van der Waals surface area contributed by atoms with E-state index in [1.54, 1.807) is 19.5 Å². The second kappa shape index (κ2) is 7.69. The van der Waals surface area contributed by atoms with E-state index < -0.39 is 0 Å². The summed E-state index contributed by atoms with van der Waals surface area (Å²) in [6.45, 7) is 3.68. The Morgan fingerprint density at radius 1 is 1.22 bits per heavy atom. The Morgan fingerprint density at radius 2 is 2.00 bits per heavy atom. The highest BCUT2D eigenvalue weighted by Crippen LogP contribution is 2.59. The number of aromatic nitrogens is 1. The number of hydrogen-bond donors (Lipinski definition) is 1. The molecule has 0 bridgehead atoms. The number of likely N-dealkylation sites (tertiary alicyclic amines) is 1. The van der Waals surface area contributed by atoms with Crippen LogP contribution in [0.25, 0.3) is 0 Å². The number of pyridine rings is 1. The number of hydrogen-bond acceptors (Lipinski definition) is 4. The molecule has 142 valence electrons. The number of ether oxygens (including phenoxy) is 1. The van der Waals surface area contributed by atoms with Crippen molar-refractivity contribution >= 4 is 5.91 Å². The van der Waals surface area contributed by atoms with Gasteiger partial charge < -0.3 is 10.1 Å². The molecule has 0 radical (unpaired) electrons. The summed E-state index contributed by atoms with van der Waals surface area (Å²) in [6, 6.07) is 12.2. The first kappa shape index (κ1) is 18.0. The summed E-state index contributed by atoms with van der Waals surface area (Å²) >= 11 is 0. The van der Waals surface area contributed by atoms with Crippen LogP contribution < -0.4 is 10.1 Å². The van der Waals surface area contributed by atoms with Gasteiger partial charge in [-0.2, -0.15) is 0 Å². The molecule has 1 atom stereocenters. The molecule has 2 aromatic rings. The van der Waals surface area contributed by atoms with Crippen LogP contribution in [-0.2, 0) is 17.9 Å². The first-order valence-corrected chi connectivity index (χ1v) is 9.70. The lowest BCUT2D eigenvalue weighted by Crippen LogP contribution is -2.36. The highest BCUT2D eigenvalue weighted by Gasteiger charge is 2.58. The standard InChI is InChI=1S/C22H27N3O2/c1-27-19-6-4-17(5-7-19)16-25-11-8-22(9-12-25)13-20(22)21(26)24-15-18-3-2-10-23-14-18/h2-7,10,14,20H,8-9,11-13,15-16H2,1H3,(H,24,26). The van der Waals surface area contributed by atoms with Gasteiger partial charge in [0.1, 0.15) is 5.75 Å². The van der Waals surface area contributed by atoms with Gasteiger partial charge in [-0.3, -0.25) is 14.7 Å². The maximum atomic E-state index is 12.5. The molecule has 1 aromatic heterocycles. The number of carbonyl (C=O) groups excluding carboxylic acids is 1. The fourth-order valence-corrected chi connectivity index (χ4v) is 4.23. The molecule has 1 N–H and O–H groups in total. The summed E-state index contributed by atoms with van der Waals surface area (Å²) in [7, 11) is 1.69. The van der Waals surface area contributed by atoms with Crippen molar-refractivity contribution in [3.8, 4) is 5.75 Å². The summed E-state index contributed by atoms with van der Waals surface area (Å²) in [6.07, 6.45) is 6.84. The molecule has 2 aliphatic rings. The maximum Gasteiger partial charge on any atom is 0.223 e. The SMILES string of the molecule is COc1ccc(CN2CCC3(CC2)CC3C(=O)NCc2cccnc2)cc1. The second-order valence-corrected chi connectivity index (χ2v) is 7.82. The Morgan fingerprint density at radius 3 is 2.67 bits per heavy atom. The number of piperidine rings is 1. The highest BCUT2D eigenvalue weighted by atomic mass is 16.5. The van der Waals surface area contributed by atoms with Crippen molar-refractivity contribution in [2.24, 2.45) is 11.3 Å². The van der Waals surface area contributed by atoms with Gasteiger partial charge in [0.15, 0.2) is 0 Å². The van der Waals surface area contributed by atoms with Crippen molar-refractivity contribution in [1.29, 1.82) is 0 Å². The average Bonchev–Trinajstić information content (AvgIpc) is 3.43. The second-order valence-electron chi connectivity index (χ2n) is 7.82. The van der Waals surface area contributed by atoms with Crippen molar-refractivity contribution < 1.29 is 9.53 Å². The minimum absolute atomic E-state index is 0.192. The average molecular weight is 365 g/mol. The van der Waals surface area contributed by atoms with E-state index in [2.05, 4.69) is 27.3 Å². The van der Waals surface area contributed by atoms with Crippen LogP contribution >= 0.6 is 0 Å². The molecule has 2 heterocycles. The fourth-order valence-electron chi connectivity index (χ4n) is 4.23. The molecule has 27 heavy (non-hydrogen) atoms. The third-order valence-corrected chi connectivity index (χ3v) is 6.11. The number of nitrogens with zero attached hydrogens (tertiary/aromatic N) is 2. The quantitative estimate of drug-likeness (QED) is 0.855. The molecule has 1 spiro atoms. The number of amides is 1. The van der Waals surface area contributed by atoms with Gasteiger partial charge in [-0.1, -0.05) is 18.2 Å². The molecule has 1 unspecified atom stereocenters. The van der Waals surface area contributed by atoms with Crippen molar-refractivity contribution in [3.05, 3.63) is 59.9 Å². The third-order valence-electron chi connectivity index (χ3n) is 6.11. The largest absolute Gasteiger partial charge is 0.497 e. The topological polar surface area (TPSA) is 54.5 Å². The molecule has 1 amide bonds. The van der Waals surface area contributed by atoms with Crippen LogP contribution in [0.4, 0.5) is 0 Å². The Hall–Kier alpha value is -2.40. The van der Waals surface area contributed by atoms with Crippen LogP contribution in [-0.4, -0.2) is 36.0 Å². The lowest BCUT2D eigenvalue weighted by Gasteiger charge is -2.32. The molecule has 1 saturated heterocycles. The van der Waals surface area contributed by atoms with Crippen LogP contribution in [0.3, 0.4) is 0 Å². The van der Waals surface area contributed by atoms with Crippen LogP contribution in [0.15, 0.2) is 48.8 Å². The normalized spacial score (nSPS) is 21.0. The van der Waals surface area contributed by atoms with Gasteiger partial charge in [0.05, 0.1) is 7.11 Å². The minimum atomic E-state index is 0.192. The Bertz CT molecular complexity index is 768. The predicted octanol–water partition coefficient (Wildman–Crippen LogP) is 3.01. The minimum Gasteiger partial charge on any atom is -0.497 e. The van der Waals surface area contributed by atoms with Crippen LogP contribution in [0.5, 0.6) is 5.75 Å². The predicted molar refractivity (Wildman–Crippen MR) is 104 cm³/mol. The zero-order valence-electron chi connectivity index (χ0n) is 15.9. The van der Waals surface area contributed by atoms with E-state index in [9.17, 15) is 4.79 Å². The summed E-state index contributed by atoms with van der Waals surface area (Å²) in [4.78, 5) is 19.1. The molecule has 2 fully saturated rings. The Balaban J connectivity index is 1.23. The number of carbonyl (C=O) groups is 1. The van der Waals surface area contributed by atoms with Gasteiger partial charge in [-0.05, 0) is 67.1 Å². The smallest absolute Gasteiger partial charge is 0.223 e. The monoisotopic (exact) mass is 365 g/mol. The molecule has 4 rings (SSSR count). The number of benzene rings is 1.